The number of rotatable bonds is 7. The van der Waals surface area contributed by atoms with Crippen LogP contribution in [-0.2, 0) is 11.2 Å². The van der Waals surface area contributed by atoms with Crippen LogP contribution in [0.15, 0.2) is 54.7 Å². The number of carbonyl (C=O) groups is 2. The van der Waals surface area contributed by atoms with E-state index in [1.165, 1.54) is 18.4 Å². The fraction of sp³-hybridized carbons (Fsp3) is 0.150. The van der Waals surface area contributed by atoms with Crippen LogP contribution in [0.4, 0.5) is 5.13 Å². The quantitative estimate of drug-likeness (QED) is 0.615. The van der Waals surface area contributed by atoms with Crippen molar-refractivity contribution in [3.63, 3.8) is 0 Å². The van der Waals surface area contributed by atoms with E-state index in [-0.39, 0.29) is 18.4 Å². The van der Waals surface area contributed by atoms with Crippen molar-refractivity contribution in [2.24, 2.45) is 0 Å². The molecule has 8 heteroatoms. The number of carbonyl (C=O) groups excluding carboxylic acids is 2. The van der Waals surface area contributed by atoms with Gasteiger partial charge in [0.25, 0.3) is 5.91 Å². The Balaban J connectivity index is 1.52. The van der Waals surface area contributed by atoms with Crippen LogP contribution in [-0.4, -0.2) is 30.5 Å². The largest absolute Gasteiger partial charge is 0.497 e. The summed E-state index contributed by atoms with van der Waals surface area (Å²) < 4.78 is 5.09. The Morgan fingerprint density at radius 3 is 2.79 bits per heavy atom. The molecule has 0 radical (unpaired) electrons. The molecule has 2 aromatic carbocycles. The molecule has 2 N–H and O–H groups in total. The summed E-state index contributed by atoms with van der Waals surface area (Å²) in [6.07, 6.45) is 2.35. The molecule has 0 aliphatic rings. The average molecular weight is 416 g/mol. The van der Waals surface area contributed by atoms with Crippen LogP contribution < -0.4 is 15.4 Å². The minimum Gasteiger partial charge on any atom is -0.497 e. The molecule has 144 valence electrons. The minimum absolute atomic E-state index is 0.157. The molecular formula is C20H18ClN3O3S. The first-order valence-corrected chi connectivity index (χ1v) is 9.65. The zero-order valence-corrected chi connectivity index (χ0v) is 16.6. The summed E-state index contributed by atoms with van der Waals surface area (Å²) in [5.41, 5.74) is 1.42. The summed E-state index contributed by atoms with van der Waals surface area (Å²) in [6.45, 7) is -0.157. The van der Waals surface area contributed by atoms with Crippen molar-refractivity contribution in [3.8, 4) is 5.75 Å². The van der Waals surface area contributed by atoms with Gasteiger partial charge in [0, 0.05) is 28.1 Å². The lowest BCUT2D eigenvalue weighted by Gasteiger charge is -2.06. The molecule has 0 atom stereocenters. The number of methoxy groups -OCH3 is 1. The van der Waals surface area contributed by atoms with Crippen LogP contribution >= 0.6 is 22.9 Å². The van der Waals surface area contributed by atoms with Crippen LogP contribution in [0.5, 0.6) is 5.75 Å². The van der Waals surface area contributed by atoms with E-state index in [2.05, 4.69) is 15.6 Å². The van der Waals surface area contributed by atoms with Crippen LogP contribution in [0.1, 0.15) is 20.8 Å². The number of nitrogens with one attached hydrogen (secondary N) is 2. The van der Waals surface area contributed by atoms with E-state index in [1.807, 2.05) is 24.3 Å². The Morgan fingerprint density at radius 1 is 1.18 bits per heavy atom. The summed E-state index contributed by atoms with van der Waals surface area (Å²) in [7, 11) is 1.53. The Kier molecular flexibility index (Phi) is 6.62. The highest BCUT2D eigenvalue weighted by Gasteiger charge is 2.11. The van der Waals surface area contributed by atoms with Crippen molar-refractivity contribution in [2.75, 3.05) is 19.0 Å². The van der Waals surface area contributed by atoms with Gasteiger partial charge in [-0.3, -0.25) is 9.59 Å². The highest BCUT2D eigenvalue weighted by Crippen LogP contribution is 2.24. The van der Waals surface area contributed by atoms with Crippen molar-refractivity contribution >= 4 is 39.9 Å². The van der Waals surface area contributed by atoms with Gasteiger partial charge in [-0.25, -0.2) is 4.98 Å². The average Bonchev–Trinajstić information content (AvgIpc) is 3.14. The number of amides is 2. The molecule has 0 bridgehead atoms. The molecule has 0 saturated carbocycles. The number of hydrogen-bond donors (Lipinski definition) is 2. The lowest BCUT2D eigenvalue weighted by atomic mass is 10.1. The Morgan fingerprint density at radius 2 is 2.00 bits per heavy atom. The van der Waals surface area contributed by atoms with Crippen molar-refractivity contribution in [3.05, 3.63) is 75.8 Å². The van der Waals surface area contributed by atoms with E-state index >= 15 is 0 Å². The third kappa shape index (κ3) is 5.31. The van der Waals surface area contributed by atoms with E-state index in [9.17, 15) is 9.59 Å². The number of thiazole rings is 1. The maximum atomic E-state index is 12.1. The zero-order chi connectivity index (χ0) is 19.9. The molecule has 0 aliphatic carbocycles. The lowest BCUT2D eigenvalue weighted by Crippen LogP contribution is -2.32. The molecule has 0 unspecified atom stereocenters. The number of hydrogen-bond acceptors (Lipinski definition) is 5. The first-order chi connectivity index (χ1) is 13.5. The maximum Gasteiger partial charge on any atom is 0.251 e. The molecule has 0 fully saturated rings. The van der Waals surface area contributed by atoms with Gasteiger partial charge in [0.15, 0.2) is 5.13 Å². The predicted octanol–water partition coefficient (Wildman–Crippen LogP) is 3.76. The summed E-state index contributed by atoms with van der Waals surface area (Å²) in [5, 5.41) is 6.44. The van der Waals surface area contributed by atoms with Crippen LogP contribution in [0, 0.1) is 0 Å². The number of halogens is 1. The van der Waals surface area contributed by atoms with Gasteiger partial charge in [0.05, 0.1) is 13.7 Å². The number of anilines is 1. The van der Waals surface area contributed by atoms with E-state index in [4.69, 9.17) is 16.3 Å². The van der Waals surface area contributed by atoms with E-state index < -0.39 is 0 Å². The fourth-order valence-electron chi connectivity index (χ4n) is 2.47. The highest BCUT2D eigenvalue weighted by molar-refractivity contribution is 7.15. The van der Waals surface area contributed by atoms with Gasteiger partial charge in [-0.15, -0.1) is 11.3 Å². The topological polar surface area (TPSA) is 80.3 Å². The molecule has 2 amide bonds. The maximum absolute atomic E-state index is 12.1. The Bertz CT molecular complexity index is 990. The second-order valence-corrected chi connectivity index (χ2v) is 7.39. The number of nitrogens with zero attached hydrogens (tertiary/aromatic N) is 1. The third-order valence-corrected chi connectivity index (χ3v) is 5.15. The van der Waals surface area contributed by atoms with Gasteiger partial charge in [-0.1, -0.05) is 35.9 Å². The lowest BCUT2D eigenvalue weighted by molar-refractivity contribution is -0.115. The van der Waals surface area contributed by atoms with Gasteiger partial charge in [0.2, 0.25) is 5.91 Å². The van der Waals surface area contributed by atoms with Crippen molar-refractivity contribution < 1.29 is 14.3 Å². The Labute approximate surface area is 171 Å². The molecule has 3 aromatic rings. The van der Waals surface area contributed by atoms with Crippen molar-refractivity contribution in [2.45, 2.75) is 6.42 Å². The second kappa shape index (κ2) is 9.34. The van der Waals surface area contributed by atoms with E-state index in [0.29, 0.717) is 27.9 Å². The molecule has 0 aliphatic heterocycles. The molecule has 0 saturated heterocycles. The van der Waals surface area contributed by atoms with E-state index in [0.717, 1.165) is 10.4 Å². The smallest absolute Gasteiger partial charge is 0.251 e. The molecule has 6 nitrogen and oxygen atoms in total. The second-order valence-electron chi connectivity index (χ2n) is 5.86. The molecular weight excluding hydrogens is 398 g/mol. The third-order valence-electron chi connectivity index (χ3n) is 3.86. The SMILES string of the molecule is COc1cccc(C(=O)NCC(=O)Nc2ncc(Cc3ccccc3Cl)s2)c1. The molecule has 0 spiro atoms. The van der Waals surface area contributed by atoms with E-state index in [1.54, 1.807) is 30.5 Å². The number of ether oxygens (including phenoxy) is 1. The minimum atomic E-state index is -0.354. The van der Waals surface area contributed by atoms with Crippen LogP contribution in [0.25, 0.3) is 0 Å². The van der Waals surface area contributed by atoms with Gasteiger partial charge in [-0.05, 0) is 29.8 Å². The first-order valence-electron chi connectivity index (χ1n) is 8.45. The molecule has 3 rings (SSSR count). The standard InChI is InChI=1S/C20H18ClN3O3S/c1-27-15-7-4-6-14(9-15)19(26)22-12-18(25)24-20-23-11-16(28-20)10-13-5-2-3-8-17(13)21/h2-9,11H,10,12H2,1H3,(H,22,26)(H,23,24,25). The van der Waals surface area contributed by atoms with Gasteiger partial charge < -0.3 is 15.4 Å². The molecule has 28 heavy (non-hydrogen) atoms. The predicted molar refractivity (Wildman–Crippen MR) is 110 cm³/mol. The normalized spacial score (nSPS) is 10.4. The summed E-state index contributed by atoms with van der Waals surface area (Å²) in [5.74, 6) is -0.131. The summed E-state index contributed by atoms with van der Waals surface area (Å²) >= 11 is 7.54. The number of aromatic nitrogens is 1. The zero-order valence-electron chi connectivity index (χ0n) is 15.1. The number of benzene rings is 2. The van der Waals surface area contributed by atoms with Crippen molar-refractivity contribution in [1.82, 2.24) is 10.3 Å². The fourth-order valence-corrected chi connectivity index (χ4v) is 3.52. The summed E-state index contributed by atoms with van der Waals surface area (Å²) in [4.78, 5) is 29.4. The van der Waals surface area contributed by atoms with Crippen LogP contribution in [0.2, 0.25) is 5.02 Å². The van der Waals surface area contributed by atoms with Crippen molar-refractivity contribution in [1.29, 1.82) is 0 Å². The van der Waals surface area contributed by atoms with Gasteiger partial charge in [-0.2, -0.15) is 0 Å². The van der Waals surface area contributed by atoms with Gasteiger partial charge >= 0.3 is 0 Å². The molecule has 1 aromatic heterocycles. The summed E-state index contributed by atoms with van der Waals surface area (Å²) in [6, 6.07) is 14.3. The first kappa shape index (κ1) is 19.9. The van der Waals surface area contributed by atoms with Crippen LogP contribution in [0.3, 0.4) is 0 Å². The molecule has 1 heterocycles. The highest BCUT2D eigenvalue weighted by atomic mass is 35.5. The monoisotopic (exact) mass is 415 g/mol. The van der Waals surface area contributed by atoms with Gasteiger partial charge in [0.1, 0.15) is 5.75 Å². The Hall–Kier alpha value is -2.90.